The summed E-state index contributed by atoms with van der Waals surface area (Å²) >= 11 is 4.63. The maximum Gasteiger partial charge on any atom is 0.318 e. The highest BCUT2D eigenvalue weighted by Crippen LogP contribution is 2.39. The van der Waals surface area contributed by atoms with Crippen molar-refractivity contribution in [1.29, 1.82) is 0 Å². The molecule has 4 nitrogen and oxygen atoms in total. The predicted molar refractivity (Wildman–Crippen MR) is 65.6 cm³/mol. The number of phenolic OH excluding ortho intramolecular Hbond substituents is 1. The molecule has 1 heterocycles. The molecule has 0 bridgehead atoms. The van der Waals surface area contributed by atoms with Crippen LogP contribution in [0.25, 0.3) is 0 Å². The monoisotopic (exact) mass is 303 g/mol. The minimum Gasteiger partial charge on any atom is -0.508 e. The molecule has 86 valence electrons. The van der Waals surface area contributed by atoms with Crippen molar-refractivity contribution >= 4 is 33.7 Å². The predicted octanol–water partition coefficient (Wildman–Crippen LogP) is 1.94. The molecule has 0 spiro atoms. The SMILES string of the molecule is O=C(O)C1CNC(c2cc(Br)ccc2O)S1. The van der Waals surface area contributed by atoms with Crippen LogP contribution in [-0.4, -0.2) is 28.0 Å². The first-order valence-electron chi connectivity index (χ1n) is 4.68. The Morgan fingerprint density at radius 3 is 2.94 bits per heavy atom. The molecule has 2 rings (SSSR count). The van der Waals surface area contributed by atoms with Crippen molar-refractivity contribution in [3.8, 4) is 5.75 Å². The van der Waals surface area contributed by atoms with Crippen LogP contribution < -0.4 is 5.32 Å². The molecule has 1 aromatic rings. The highest BCUT2D eigenvalue weighted by atomic mass is 79.9. The van der Waals surface area contributed by atoms with Crippen LogP contribution in [0.2, 0.25) is 0 Å². The Labute approximate surface area is 105 Å². The molecule has 2 unspecified atom stereocenters. The Morgan fingerprint density at radius 1 is 1.56 bits per heavy atom. The van der Waals surface area contributed by atoms with E-state index in [0.29, 0.717) is 12.1 Å². The summed E-state index contributed by atoms with van der Waals surface area (Å²) in [6.07, 6.45) is 0. The number of carboxylic acids is 1. The lowest BCUT2D eigenvalue weighted by Crippen LogP contribution is -2.21. The van der Waals surface area contributed by atoms with Crippen LogP contribution >= 0.6 is 27.7 Å². The number of benzene rings is 1. The number of aliphatic carboxylic acids is 1. The second kappa shape index (κ2) is 4.65. The fraction of sp³-hybridized carbons (Fsp3) is 0.300. The highest BCUT2D eigenvalue weighted by Gasteiger charge is 2.32. The molecule has 1 aromatic carbocycles. The number of carboxylic acid groups (broad SMARTS) is 1. The maximum atomic E-state index is 10.8. The van der Waals surface area contributed by atoms with E-state index in [9.17, 15) is 9.90 Å². The number of phenols is 1. The Hall–Kier alpha value is -0.720. The Kier molecular flexibility index (Phi) is 3.41. The number of carbonyl (C=O) groups is 1. The Bertz CT molecular complexity index is 427. The van der Waals surface area contributed by atoms with Gasteiger partial charge in [0.2, 0.25) is 0 Å². The van der Waals surface area contributed by atoms with Crippen LogP contribution in [0.1, 0.15) is 10.9 Å². The van der Waals surface area contributed by atoms with E-state index in [1.54, 1.807) is 18.2 Å². The maximum absolute atomic E-state index is 10.8. The molecule has 1 saturated heterocycles. The topological polar surface area (TPSA) is 69.6 Å². The average Bonchev–Trinajstić information content (AvgIpc) is 2.70. The van der Waals surface area contributed by atoms with Gasteiger partial charge in [0, 0.05) is 16.6 Å². The van der Waals surface area contributed by atoms with Crippen molar-refractivity contribution < 1.29 is 15.0 Å². The van der Waals surface area contributed by atoms with E-state index in [2.05, 4.69) is 21.2 Å². The third kappa shape index (κ3) is 2.34. The number of aromatic hydroxyl groups is 1. The van der Waals surface area contributed by atoms with Gasteiger partial charge in [0.1, 0.15) is 11.0 Å². The Morgan fingerprint density at radius 2 is 2.31 bits per heavy atom. The summed E-state index contributed by atoms with van der Waals surface area (Å²) in [5, 5.41) is 21.0. The quantitative estimate of drug-likeness (QED) is 0.779. The lowest BCUT2D eigenvalue weighted by Gasteiger charge is -2.12. The lowest BCUT2D eigenvalue weighted by molar-refractivity contribution is -0.136. The zero-order valence-electron chi connectivity index (χ0n) is 8.18. The third-order valence-corrected chi connectivity index (χ3v) is 4.22. The first kappa shape index (κ1) is 11.8. The van der Waals surface area contributed by atoms with Gasteiger partial charge in [0.15, 0.2) is 0 Å². The van der Waals surface area contributed by atoms with Crippen molar-refractivity contribution in [3.63, 3.8) is 0 Å². The summed E-state index contributed by atoms with van der Waals surface area (Å²) in [6.45, 7) is 0.413. The number of hydrogen-bond acceptors (Lipinski definition) is 4. The van der Waals surface area contributed by atoms with Gasteiger partial charge in [0.25, 0.3) is 0 Å². The average molecular weight is 304 g/mol. The van der Waals surface area contributed by atoms with Gasteiger partial charge in [-0.3, -0.25) is 10.1 Å². The van der Waals surface area contributed by atoms with Crippen LogP contribution in [0.3, 0.4) is 0 Å². The van der Waals surface area contributed by atoms with E-state index in [1.807, 2.05) is 0 Å². The molecule has 0 saturated carbocycles. The normalized spacial score (nSPS) is 24.6. The van der Waals surface area contributed by atoms with Crippen LogP contribution in [-0.2, 0) is 4.79 Å². The molecule has 1 aliphatic heterocycles. The summed E-state index contributed by atoms with van der Waals surface area (Å²) in [5.41, 5.74) is 0.711. The van der Waals surface area contributed by atoms with Crippen LogP contribution in [0.4, 0.5) is 0 Å². The molecule has 6 heteroatoms. The summed E-state index contributed by atoms with van der Waals surface area (Å²) in [5.74, 6) is -0.645. The lowest BCUT2D eigenvalue weighted by atomic mass is 10.2. The van der Waals surface area contributed by atoms with Crippen molar-refractivity contribution in [3.05, 3.63) is 28.2 Å². The van der Waals surface area contributed by atoms with E-state index in [4.69, 9.17) is 5.11 Å². The van der Waals surface area contributed by atoms with Crippen LogP contribution in [0.5, 0.6) is 5.75 Å². The van der Waals surface area contributed by atoms with Gasteiger partial charge in [-0.1, -0.05) is 15.9 Å². The molecular weight excluding hydrogens is 294 g/mol. The standard InChI is InChI=1S/C10H10BrNO3S/c11-5-1-2-7(13)6(3-5)9-12-4-8(16-9)10(14)15/h1-3,8-9,12-13H,4H2,(H,14,15). The van der Waals surface area contributed by atoms with Gasteiger partial charge in [-0.15, -0.1) is 11.8 Å². The number of nitrogens with one attached hydrogen (secondary N) is 1. The van der Waals surface area contributed by atoms with Crippen LogP contribution in [0.15, 0.2) is 22.7 Å². The van der Waals surface area contributed by atoms with E-state index in [0.717, 1.165) is 4.47 Å². The smallest absolute Gasteiger partial charge is 0.318 e. The van der Waals surface area contributed by atoms with Gasteiger partial charge in [0.05, 0.1) is 5.37 Å². The molecule has 0 aliphatic carbocycles. The van der Waals surface area contributed by atoms with Crippen molar-refractivity contribution in [1.82, 2.24) is 5.32 Å². The molecule has 1 fully saturated rings. The summed E-state index contributed by atoms with van der Waals surface area (Å²) in [6, 6.07) is 5.13. The molecule has 3 N–H and O–H groups in total. The van der Waals surface area contributed by atoms with Gasteiger partial charge in [-0.05, 0) is 18.2 Å². The van der Waals surface area contributed by atoms with Crippen molar-refractivity contribution in [2.24, 2.45) is 0 Å². The van der Waals surface area contributed by atoms with Gasteiger partial charge in [-0.25, -0.2) is 0 Å². The van der Waals surface area contributed by atoms with Crippen molar-refractivity contribution in [2.45, 2.75) is 10.6 Å². The highest BCUT2D eigenvalue weighted by molar-refractivity contribution is 9.10. The van der Waals surface area contributed by atoms with Gasteiger partial charge in [-0.2, -0.15) is 0 Å². The fourth-order valence-electron chi connectivity index (χ4n) is 1.54. The molecule has 0 amide bonds. The van der Waals surface area contributed by atoms with E-state index < -0.39 is 11.2 Å². The molecule has 0 aromatic heterocycles. The minimum atomic E-state index is -0.825. The second-order valence-electron chi connectivity index (χ2n) is 3.45. The summed E-state index contributed by atoms with van der Waals surface area (Å²) in [7, 11) is 0. The van der Waals surface area contributed by atoms with Crippen molar-refractivity contribution in [2.75, 3.05) is 6.54 Å². The van der Waals surface area contributed by atoms with E-state index in [1.165, 1.54) is 11.8 Å². The zero-order chi connectivity index (χ0) is 11.7. The first-order chi connectivity index (χ1) is 7.58. The fourth-order valence-corrected chi connectivity index (χ4v) is 3.08. The molecule has 16 heavy (non-hydrogen) atoms. The molecule has 1 aliphatic rings. The number of halogens is 1. The number of hydrogen-bond donors (Lipinski definition) is 3. The van der Waals surface area contributed by atoms with Gasteiger partial charge >= 0.3 is 5.97 Å². The molecule has 0 radical (unpaired) electrons. The molecular formula is C10H10BrNO3S. The summed E-state index contributed by atoms with van der Waals surface area (Å²) in [4.78, 5) is 10.8. The van der Waals surface area contributed by atoms with Crippen LogP contribution in [0, 0.1) is 0 Å². The Balaban J connectivity index is 2.20. The van der Waals surface area contributed by atoms with E-state index in [-0.39, 0.29) is 11.1 Å². The third-order valence-electron chi connectivity index (χ3n) is 2.34. The van der Waals surface area contributed by atoms with E-state index >= 15 is 0 Å². The minimum absolute atomic E-state index is 0.168. The van der Waals surface area contributed by atoms with Gasteiger partial charge < -0.3 is 10.2 Å². The zero-order valence-corrected chi connectivity index (χ0v) is 10.6. The molecule has 2 atom stereocenters. The first-order valence-corrected chi connectivity index (χ1v) is 6.41. The largest absolute Gasteiger partial charge is 0.508 e. The summed E-state index contributed by atoms with van der Waals surface area (Å²) < 4.78 is 0.862. The number of thioether (sulfide) groups is 1. The number of rotatable bonds is 2. The second-order valence-corrected chi connectivity index (χ2v) is 5.68.